The van der Waals surface area contributed by atoms with Gasteiger partial charge in [-0.1, -0.05) is 0 Å². The van der Waals surface area contributed by atoms with E-state index in [-0.39, 0.29) is 12.3 Å². The zero-order valence-electron chi connectivity index (χ0n) is 5.97. The van der Waals surface area contributed by atoms with E-state index < -0.39 is 0 Å². The van der Waals surface area contributed by atoms with Crippen molar-refractivity contribution in [2.75, 3.05) is 13.7 Å². The maximum absolute atomic E-state index is 10.3. The fourth-order valence-corrected chi connectivity index (χ4v) is 0.287. The number of ether oxygens (including phenoxy) is 1. The van der Waals surface area contributed by atoms with Gasteiger partial charge in [0.25, 0.3) is 0 Å². The molecular formula is C6H11NO2. The van der Waals surface area contributed by atoms with Crippen molar-refractivity contribution in [3.63, 3.8) is 0 Å². The second-order valence-electron chi connectivity index (χ2n) is 1.74. The average molecular weight is 129 g/mol. The lowest BCUT2D eigenvalue weighted by atomic mass is 10.5. The second kappa shape index (κ2) is 4.06. The molecule has 0 rings (SSSR count). The molecule has 0 saturated heterocycles. The molecule has 0 aromatic carbocycles. The van der Waals surface area contributed by atoms with E-state index in [4.69, 9.17) is 4.74 Å². The number of hydrogen-bond donors (Lipinski definition) is 0. The molecule has 0 unspecified atom stereocenters. The molecule has 0 fully saturated rings. The third-order valence-electron chi connectivity index (χ3n) is 0.820. The predicted molar refractivity (Wildman–Crippen MR) is 35.7 cm³/mol. The van der Waals surface area contributed by atoms with Crippen LogP contribution in [0.15, 0.2) is 4.99 Å². The highest BCUT2D eigenvalue weighted by atomic mass is 16.5. The van der Waals surface area contributed by atoms with Gasteiger partial charge in [-0.3, -0.25) is 4.79 Å². The van der Waals surface area contributed by atoms with Crippen molar-refractivity contribution in [3.05, 3.63) is 0 Å². The first-order chi connectivity index (χ1) is 4.16. The lowest BCUT2D eigenvalue weighted by Gasteiger charge is -1.94. The molecule has 0 aliphatic heterocycles. The van der Waals surface area contributed by atoms with Gasteiger partial charge < -0.3 is 4.74 Å². The Bertz CT molecular complexity index is 129. The number of nitrogens with zero attached hydrogens (tertiary/aromatic N) is 1. The van der Waals surface area contributed by atoms with Crippen molar-refractivity contribution < 1.29 is 9.53 Å². The smallest absolute Gasteiger partial charge is 0.180 e. The Balaban J connectivity index is 3.56. The summed E-state index contributed by atoms with van der Waals surface area (Å²) in [4.78, 5) is 14.1. The van der Waals surface area contributed by atoms with Crippen molar-refractivity contribution in [2.24, 2.45) is 4.99 Å². The van der Waals surface area contributed by atoms with Crippen molar-refractivity contribution in [3.8, 4) is 0 Å². The van der Waals surface area contributed by atoms with Gasteiger partial charge in [-0.15, -0.1) is 0 Å². The Labute approximate surface area is 54.7 Å². The van der Waals surface area contributed by atoms with Crippen LogP contribution in [0, 0.1) is 0 Å². The van der Waals surface area contributed by atoms with Crippen LogP contribution in [-0.4, -0.2) is 25.3 Å². The van der Waals surface area contributed by atoms with Crippen LogP contribution in [0.2, 0.25) is 0 Å². The zero-order chi connectivity index (χ0) is 7.28. The molecule has 0 aliphatic carbocycles. The van der Waals surface area contributed by atoms with Gasteiger partial charge in [-0.2, -0.15) is 0 Å². The summed E-state index contributed by atoms with van der Waals surface area (Å²) in [5.41, 5.74) is 0. The van der Waals surface area contributed by atoms with Gasteiger partial charge >= 0.3 is 0 Å². The maximum Gasteiger partial charge on any atom is 0.180 e. The first-order valence-corrected chi connectivity index (χ1v) is 2.71. The number of hydrogen-bond acceptors (Lipinski definition) is 3. The van der Waals surface area contributed by atoms with Gasteiger partial charge in [-0.05, 0) is 6.92 Å². The summed E-state index contributed by atoms with van der Waals surface area (Å²) in [5.74, 6) is 0.594. The van der Waals surface area contributed by atoms with Crippen LogP contribution < -0.4 is 0 Å². The minimum Gasteiger partial charge on any atom is -0.484 e. The normalized spacial score (nSPS) is 11.2. The predicted octanol–water partition coefficient (Wildman–Crippen LogP) is 0.640. The van der Waals surface area contributed by atoms with Crippen LogP contribution in [0.1, 0.15) is 13.8 Å². The number of ketones is 1. The van der Waals surface area contributed by atoms with Crippen LogP contribution in [0.3, 0.4) is 0 Å². The Morgan fingerprint density at radius 1 is 1.56 bits per heavy atom. The summed E-state index contributed by atoms with van der Waals surface area (Å²) < 4.78 is 4.70. The van der Waals surface area contributed by atoms with Crippen molar-refractivity contribution >= 4 is 11.7 Å². The average Bonchev–Trinajstić information content (AvgIpc) is 1.83. The SMILES string of the molecule is COC(C)=NCC(C)=O. The molecule has 52 valence electrons. The fraction of sp³-hybridized carbons (Fsp3) is 0.667. The number of carbonyl (C=O) groups is 1. The van der Waals surface area contributed by atoms with Crippen LogP contribution in [-0.2, 0) is 9.53 Å². The molecule has 0 spiro atoms. The van der Waals surface area contributed by atoms with Crippen LogP contribution in [0.4, 0.5) is 0 Å². The zero-order valence-corrected chi connectivity index (χ0v) is 5.97. The molecular weight excluding hydrogens is 118 g/mol. The highest BCUT2D eigenvalue weighted by Crippen LogP contribution is 1.78. The van der Waals surface area contributed by atoms with Crippen molar-refractivity contribution in [2.45, 2.75) is 13.8 Å². The molecule has 3 heteroatoms. The molecule has 0 atom stereocenters. The number of carbonyl (C=O) groups excluding carboxylic acids is 1. The van der Waals surface area contributed by atoms with Gasteiger partial charge in [0.05, 0.1) is 7.11 Å². The van der Waals surface area contributed by atoms with Crippen LogP contribution >= 0.6 is 0 Å². The lowest BCUT2D eigenvalue weighted by molar-refractivity contribution is -0.115. The molecule has 3 nitrogen and oxygen atoms in total. The number of Topliss-reactive ketones (excluding diaryl/α,β-unsaturated/α-hetero) is 1. The Morgan fingerprint density at radius 3 is 2.44 bits per heavy atom. The third-order valence-corrected chi connectivity index (χ3v) is 0.820. The van der Waals surface area contributed by atoms with E-state index in [0.29, 0.717) is 5.90 Å². The highest BCUT2D eigenvalue weighted by molar-refractivity contribution is 5.81. The minimum atomic E-state index is 0.0476. The van der Waals surface area contributed by atoms with E-state index in [1.165, 1.54) is 14.0 Å². The van der Waals surface area contributed by atoms with E-state index in [9.17, 15) is 4.79 Å². The molecule has 0 radical (unpaired) electrons. The summed E-state index contributed by atoms with van der Waals surface area (Å²) in [6, 6.07) is 0. The number of aliphatic imine (C=N–C) groups is 1. The molecule has 0 amide bonds. The summed E-state index contributed by atoms with van der Waals surface area (Å²) in [6.07, 6.45) is 0. The third kappa shape index (κ3) is 5.00. The fourth-order valence-electron chi connectivity index (χ4n) is 0.287. The first-order valence-electron chi connectivity index (χ1n) is 2.71. The van der Waals surface area contributed by atoms with E-state index in [1.54, 1.807) is 6.92 Å². The summed E-state index contributed by atoms with van der Waals surface area (Å²) in [5, 5.41) is 0. The van der Waals surface area contributed by atoms with E-state index in [1.807, 2.05) is 0 Å². The summed E-state index contributed by atoms with van der Waals surface area (Å²) in [7, 11) is 1.53. The monoisotopic (exact) mass is 129 g/mol. The van der Waals surface area contributed by atoms with E-state index in [0.717, 1.165) is 0 Å². The molecule has 0 N–H and O–H groups in total. The number of rotatable bonds is 2. The standard InChI is InChI=1S/C6H11NO2/c1-5(8)4-7-6(2)9-3/h4H2,1-3H3. The first kappa shape index (κ1) is 8.14. The number of methoxy groups -OCH3 is 1. The molecule has 0 heterocycles. The maximum atomic E-state index is 10.3. The molecule has 0 aliphatic rings. The largest absolute Gasteiger partial charge is 0.484 e. The highest BCUT2D eigenvalue weighted by Gasteiger charge is 1.89. The van der Waals surface area contributed by atoms with Gasteiger partial charge in [0.15, 0.2) is 11.7 Å². The van der Waals surface area contributed by atoms with E-state index >= 15 is 0 Å². The quantitative estimate of drug-likeness (QED) is 0.405. The van der Waals surface area contributed by atoms with Crippen molar-refractivity contribution in [1.82, 2.24) is 0 Å². The van der Waals surface area contributed by atoms with E-state index in [2.05, 4.69) is 4.99 Å². The Morgan fingerprint density at radius 2 is 2.11 bits per heavy atom. The summed E-state index contributed by atoms with van der Waals surface area (Å²) in [6.45, 7) is 3.43. The Hall–Kier alpha value is -0.860. The molecule has 0 saturated carbocycles. The molecule has 0 aromatic heterocycles. The lowest BCUT2D eigenvalue weighted by Crippen LogP contribution is -2.00. The van der Waals surface area contributed by atoms with Crippen molar-refractivity contribution in [1.29, 1.82) is 0 Å². The van der Waals surface area contributed by atoms with Gasteiger partial charge in [0.1, 0.15) is 6.54 Å². The Kier molecular flexibility index (Phi) is 3.67. The molecule has 0 aromatic rings. The van der Waals surface area contributed by atoms with Crippen LogP contribution in [0.5, 0.6) is 0 Å². The van der Waals surface area contributed by atoms with Gasteiger partial charge in [0, 0.05) is 6.92 Å². The molecule has 9 heavy (non-hydrogen) atoms. The van der Waals surface area contributed by atoms with Gasteiger partial charge in [0.2, 0.25) is 0 Å². The van der Waals surface area contributed by atoms with Crippen LogP contribution in [0.25, 0.3) is 0 Å². The summed E-state index contributed by atoms with van der Waals surface area (Å²) >= 11 is 0. The topological polar surface area (TPSA) is 38.7 Å². The van der Waals surface area contributed by atoms with Gasteiger partial charge in [-0.25, -0.2) is 4.99 Å². The molecule has 0 bridgehead atoms. The minimum absolute atomic E-state index is 0.0476. The second-order valence-corrected chi connectivity index (χ2v) is 1.74.